The number of hydrogen-bond acceptors (Lipinski definition) is 1. The van der Waals surface area contributed by atoms with Crippen LogP contribution in [0.25, 0.3) is 0 Å². The van der Waals surface area contributed by atoms with E-state index in [9.17, 15) is 4.79 Å². The predicted octanol–water partition coefficient (Wildman–Crippen LogP) is 0.750. The van der Waals surface area contributed by atoms with E-state index in [1.807, 2.05) is 0 Å². The second kappa shape index (κ2) is 5.18. The van der Waals surface area contributed by atoms with E-state index in [1.54, 1.807) is 20.1 Å². The van der Waals surface area contributed by atoms with E-state index in [4.69, 9.17) is 0 Å². The summed E-state index contributed by atoms with van der Waals surface area (Å²) in [6.45, 7) is 3.60. The summed E-state index contributed by atoms with van der Waals surface area (Å²) in [5, 5.41) is 0. The maximum atomic E-state index is 9.38. The van der Waals surface area contributed by atoms with Gasteiger partial charge in [-0.05, 0) is 0 Å². The Labute approximate surface area is 48.3 Å². The Morgan fingerprint density at radius 2 is 1.67 bits per heavy atom. The minimum atomic E-state index is 0. The number of carbonyl (C=O) groups excluding carboxylic acids is 1. The van der Waals surface area contributed by atoms with Crippen molar-refractivity contribution in [2.45, 2.75) is 13.8 Å². The Kier molecular flexibility index (Phi) is 8.19. The summed E-state index contributed by atoms with van der Waals surface area (Å²) < 4.78 is 0. The maximum Gasteiger partial charge on any atom is 0 e. The largest absolute Gasteiger partial charge is 0.542 e. The molecule has 0 atom stereocenters. The molecule has 6 heavy (non-hydrogen) atoms. The van der Waals surface area contributed by atoms with Crippen LogP contribution in [0.2, 0.25) is 0 Å². The van der Waals surface area contributed by atoms with Crippen LogP contribution in [0.3, 0.4) is 0 Å². The van der Waals surface area contributed by atoms with Gasteiger partial charge in [0.2, 0.25) is 0 Å². The van der Waals surface area contributed by atoms with Crippen molar-refractivity contribution in [3.63, 3.8) is 0 Å². The first-order valence-electron chi connectivity index (χ1n) is 1.65. The van der Waals surface area contributed by atoms with Gasteiger partial charge in [0.05, 0.1) is 0 Å². The van der Waals surface area contributed by atoms with E-state index >= 15 is 0 Å². The standard InChI is InChI=1S/C4H7O.Co/c1-4(2)3-5;/h4H,1-2H3;/q-1;. The first-order chi connectivity index (χ1) is 2.27. The molecule has 0 amide bonds. The van der Waals surface area contributed by atoms with Crippen LogP contribution in [0, 0.1) is 5.92 Å². The van der Waals surface area contributed by atoms with Gasteiger partial charge in [-0.1, -0.05) is 13.8 Å². The van der Waals surface area contributed by atoms with Gasteiger partial charge in [-0.25, -0.2) is 0 Å². The van der Waals surface area contributed by atoms with Gasteiger partial charge >= 0.3 is 0 Å². The number of rotatable bonds is 1. The summed E-state index contributed by atoms with van der Waals surface area (Å²) in [6, 6.07) is 0. The summed E-state index contributed by atoms with van der Waals surface area (Å²) in [4.78, 5) is 9.38. The van der Waals surface area contributed by atoms with Gasteiger partial charge in [0.25, 0.3) is 0 Å². The van der Waals surface area contributed by atoms with Crippen molar-refractivity contribution in [3.8, 4) is 0 Å². The molecule has 0 saturated heterocycles. The monoisotopic (exact) mass is 130 g/mol. The van der Waals surface area contributed by atoms with Crippen LogP contribution in [0.4, 0.5) is 0 Å². The van der Waals surface area contributed by atoms with Crippen LogP contribution in [-0.2, 0) is 21.6 Å². The normalized spacial score (nSPS) is 7.17. The van der Waals surface area contributed by atoms with Crippen molar-refractivity contribution in [2.24, 2.45) is 5.92 Å². The third-order valence-corrected chi connectivity index (χ3v) is 0.236. The molecule has 0 heterocycles. The van der Waals surface area contributed by atoms with E-state index in [2.05, 4.69) is 0 Å². The summed E-state index contributed by atoms with van der Waals surface area (Å²) >= 11 is 0. The zero-order chi connectivity index (χ0) is 4.28. The fraction of sp³-hybridized carbons (Fsp3) is 0.750. The SMILES string of the molecule is CC(C)[C-]=O.[Co]. The fourth-order valence-electron chi connectivity index (χ4n) is 0. The summed E-state index contributed by atoms with van der Waals surface area (Å²) in [5.41, 5.74) is 0. The van der Waals surface area contributed by atoms with Crippen LogP contribution < -0.4 is 0 Å². The molecule has 0 aromatic carbocycles. The van der Waals surface area contributed by atoms with E-state index in [-0.39, 0.29) is 22.7 Å². The van der Waals surface area contributed by atoms with Gasteiger partial charge in [0.15, 0.2) is 0 Å². The molecule has 39 valence electrons. The molecule has 0 bridgehead atoms. The Bertz CT molecular complexity index is 34.5. The molecule has 0 rings (SSSR count). The topological polar surface area (TPSA) is 17.1 Å². The minimum Gasteiger partial charge on any atom is -0.542 e. The zero-order valence-electron chi connectivity index (χ0n) is 3.82. The Hall–Kier alpha value is 0.176. The van der Waals surface area contributed by atoms with Gasteiger partial charge in [-0.2, -0.15) is 0 Å². The smallest absolute Gasteiger partial charge is 0 e. The molecular weight excluding hydrogens is 123 g/mol. The molecule has 0 fully saturated rings. The van der Waals surface area contributed by atoms with E-state index in [0.717, 1.165) is 0 Å². The molecular formula is C4H7CoO-. The molecule has 1 nitrogen and oxygen atoms in total. The molecule has 2 heteroatoms. The van der Waals surface area contributed by atoms with Gasteiger partial charge in [-0.15, -0.1) is 5.92 Å². The second-order valence-electron chi connectivity index (χ2n) is 1.27. The van der Waals surface area contributed by atoms with Crippen LogP contribution in [0.1, 0.15) is 13.8 Å². The molecule has 0 aliphatic heterocycles. The second-order valence-corrected chi connectivity index (χ2v) is 1.27. The molecule has 0 aliphatic rings. The van der Waals surface area contributed by atoms with Crippen LogP contribution >= 0.6 is 0 Å². The van der Waals surface area contributed by atoms with E-state index < -0.39 is 0 Å². The van der Waals surface area contributed by atoms with Crippen molar-refractivity contribution in [3.05, 3.63) is 0 Å². The quantitative estimate of drug-likeness (QED) is 0.478. The Morgan fingerprint density at radius 3 is 1.67 bits per heavy atom. The first kappa shape index (κ1) is 9.49. The van der Waals surface area contributed by atoms with Crippen molar-refractivity contribution in [1.82, 2.24) is 0 Å². The van der Waals surface area contributed by atoms with Crippen LogP contribution in [-0.4, -0.2) is 6.29 Å². The van der Waals surface area contributed by atoms with Crippen molar-refractivity contribution >= 4 is 6.29 Å². The van der Waals surface area contributed by atoms with Gasteiger partial charge in [-0.3, -0.25) is 6.29 Å². The molecule has 0 aliphatic carbocycles. The summed E-state index contributed by atoms with van der Waals surface area (Å²) in [5.74, 6) is 0.0787. The van der Waals surface area contributed by atoms with E-state index in [0.29, 0.717) is 0 Å². The van der Waals surface area contributed by atoms with E-state index in [1.165, 1.54) is 0 Å². The predicted molar refractivity (Wildman–Crippen MR) is 20.5 cm³/mol. The third kappa shape index (κ3) is 8.90. The molecule has 0 aromatic rings. The summed E-state index contributed by atoms with van der Waals surface area (Å²) in [7, 11) is 0. The third-order valence-electron chi connectivity index (χ3n) is 0.236. The molecule has 0 saturated carbocycles. The fourth-order valence-corrected chi connectivity index (χ4v) is 0. The van der Waals surface area contributed by atoms with Gasteiger partial charge < -0.3 is 4.79 Å². The van der Waals surface area contributed by atoms with Crippen LogP contribution in [0.5, 0.6) is 0 Å². The average Bonchev–Trinajstić information content (AvgIpc) is 1.38. The Morgan fingerprint density at radius 1 is 1.50 bits per heavy atom. The summed E-state index contributed by atoms with van der Waals surface area (Å²) in [6.07, 6.45) is 1.78. The molecule has 0 spiro atoms. The van der Waals surface area contributed by atoms with Crippen molar-refractivity contribution < 1.29 is 21.6 Å². The van der Waals surface area contributed by atoms with Gasteiger partial charge in [0, 0.05) is 16.8 Å². The van der Waals surface area contributed by atoms with Crippen molar-refractivity contribution in [1.29, 1.82) is 0 Å². The van der Waals surface area contributed by atoms with Crippen LogP contribution in [0.15, 0.2) is 0 Å². The van der Waals surface area contributed by atoms with Gasteiger partial charge in [0.1, 0.15) is 0 Å². The average molecular weight is 130 g/mol. The molecule has 0 unspecified atom stereocenters. The first-order valence-corrected chi connectivity index (χ1v) is 1.65. The molecule has 0 N–H and O–H groups in total. The van der Waals surface area contributed by atoms with Crippen molar-refractivity contribution in [2.75, 3.05) is 0 Å². The molecule has 1 radical (unpaired) electrons. The molecule has 0 aromatic heterocycles. The number of hydrogen-bond donors (Lipinski definition) is 0. The zero-order valence-corrected chi connectivity index (χ0v) is 4.86. The Balaban J connectivity index is 0. The maximum absolute atomic E-state index is 9.38. The minimum absolute atomic E-state index is 0.